The van der Waals surface area contributed by atoms with Gasteiger partial charge >= 0.3 is 5.97 Å². The first-order chi connectivity index (χ1) is 14.6. The second-order valence-electron chi connectivity index (χ2n) is 7.29. The average molecular weight is 421 g/mol. The van der Waals surface area contributed by atoms with Gasteiger partial charge in [-0.25, -0.2) is 4.79 Å². The van der Waals surface area contributed by atoms with Crippen LogP contribution in [0.3, 0.4) is 0 Å². The van der Waals surface area contributed by atoms with Gasteiger partial charge in [0.1, 0.15) is 0 Å². The number of rotatable bonds is 5. The van der Waals surface area contributed by atoms with Crippen LogP contribution in [0.1, 0.15) is 32.4 Å². The number of nitrogens with zero attached hydrogens (tertiary/aromatic N) is 2. The van der Waals surface area contributed by atoms with Crippen LogP contribution in [0.5, 0.6) is 0 Å². The number of anilines is 1. The van der Waals surface area contributed by atoms with Crippen LogP contribution in [0, 0.1) is 0 Å². The molecule has 4 rings (SSSR count). The number of methoxy groups -OCH3 is 1. The van der Waals surface area contributed by atoms with E-state index in [1.54, 1.807) is 41.5 Å². The molecule has 1 amide bonds. The van der Waals surface area contributed by atoms with Crippen LogP contribution >= 0.6 is 11.3 Å². The van der Waals surface area contributed by atoms with Crippen molar-refractivity contribution in [2.45, 2.75) is 12.5 Å². The van der Waals surface area contributed by atoms with Crippen LogP contribution in [0.2, 0.25) is 0 Å². The lowest BCUT2D eigenvalue weighted by Crippen LogP contribution is -2.43. The molecule has 2 aromatic carbocycles. The summed E-state index contributed by atoms with van der Waals surface area (Å²) >= 11 is 1.78. The molecule has 0 N–H and O–H groups in total. The van der Waals surface area contributed by atoms with Crippen LogP contribution < -0.4 is 4.90 Å². The Morgan fingerprint density at radius 3 is 2.60 bits per heavy atom. The molecule has 154 valence electrons. The largest absolute Gasteiger partial charge is 0.465 e. The van der Waals surface area contributed by atoms with E-state index in [0.717, 1.165) is 13.0 Å². The molecular formula is C24H24N2O3S. The molecule has 0 saturated carbocycles. The van der Waals surface area contributed by atoms with E-state index in [-0.39, 0.29) is 18.5 Å². The van der Waals surface area contributed by atoms with Crippen LogP contribution in [-0.2, 0) is 16.0 Å². The van der Waals surface area contributed by atoms with E-state index in [1.165, 1.54) is 23.1 Å². The third kappa shape index (κ3) is 3.88. The van der Waals surface area contributed by atoms with E-state index in [2.05, 4.69) is 28.5 Å². The molecule has 30 heavy (non-hydrogen) atoms. The average Bonchev–Trinajstić information content (AvgIpc) is 3.27. The maximum absolute atomic E-state index is 13.2. The number of carbonyl (C=O) groups is 2. The zero-order valence-electron chi connectivity index (χ0n) is 17.1. The number of thiophene rings is 1. The molecule has 3 aromatic rings. The van der Waals surface area contributed by atoms with E-state index in [9.17, 15) is 9.59 Å². The Bertz CT molecular complexity index is 1050. The summed E-state index contributed by atoms with van der Waals surface area (Å²) < 4.78 is 4.88. The minimum Gasteiger partial charge on any atom is -0.465 e. The Balaban J connectivity index is 1.60. The second kappa shape index (κ2) is 8.81. The van der Waals surface area contributed by atoms with Crippen molar-refractivity contribution in [1.82, 2.24) is 4.90 Å². The van der Waals surface area contributed by atoms with Gasteiger partial charge in [0.05, 0.1) is 30.9 Å². The van der Waals surface area contributed by atoms with Crippen LogP contribution in [0.4, 0.5) is 5.69 Å². The van der Waals surface area contributed by atoms with Crippen molar-refractivity contribution in [2.75, 3.05) is 32.1 Å². The summed E-state index contributed by atoms with van der Waals surface area (Å²) in [4.78, 5) is 30.5. The number of amides is 1. The third-order valence-electron chi connectivity index (χ3n) is 5.56. The predicted molar refractivity (Wildman–Crippen MR) is 119 cm³/mol. The maximum Gasteiger partial charge on any atom is 0.339 e. The van der Waals surface area contributed by atoms with Crippen LogP contribution in [-0.4, -0.2) is 44.0 Å². The number of esters is 1. The highest BCUT2D eigenvalue weighted by Crippen LogP contribution is 2.37. The molecule has 0 bridgehead atoms. The molecule has 1 aliphatic rings. The minimum absolute atomic E-state index is 0.0504. The monoisotopic (exact) mass is 420 g/mol. The molecule has 0 radical (unpaired) electrons. The topological polar surface area (TPSA) is 49.9 Å². The van der Waals surface area contributed by atoms with Crippen LogP contribution in [0.15, 0.2) is 66.0 Å². The number of carbonyl (C=O) groups excluding carboxylic acids is 2. The van der Waals surface area contributed by atoms with Gasteiger partial charge in [-0.1, -0.05) is 42.5 Å². The summed E-state index contributed by atoms with van der Waals surface area (Å²) in [6, 6.07) is 19.6. The van der Waals surface area contributed by atoms with Crippen molar-refractivity contribution >= 4 is 28.9 Å². The summed E-state index contributed by atoms with van der Waals surface area (Å²) in [6.45, 7) is 1.08. The molecule has 0 saturated heterocycles. The van der Waals surface area contributed by atoms with Gasteiger partial charge in [-0.15, -0.1) is 11.3 Å². The molecule has 6 heteroatoms. The van der Waals surface area contributed by atoms with Gasteiger partial charge in [0.15, 0.2) is 0 Å². The quantitative estimate of drug-likeness (QED) is 0.582. The lowest BCUT2D eigenvalue weighted by atomic mass is 9.93. The predicted octanol–water partition coefficient (Wildman–Crippen LogP) is 4.15. The molecular weight excluding hydrogens is 396 g/mol. The van der Waals surface area contributed by atoms with Gasteiger partial charge in [-0.05, 0) is 41.1 Å². The lowest BCUT2D eigenvalue weighted by Gasteiger charge is -2.36. The zero-order chi connectivity index (χ0) is 21.1. The smallest absolute Gasteiger partial charge is 0.339 e. The molecule has 1 unspecified atom stereocenters. The number of para-hydroxylation sites is 1. The summed E-state index contributed by atoms with van der Waals surface area (Å²) in [5, 5.41) is 2.13. The molecule has 1 atom stereocenters. The molecule has 1 aromatic heterocycles. The third-order valence-corrected chi connectivity index (χ3v) is 6.56. The fourth-order valence-electron chi connectivity index (χ4n) is 4.03. The fourth-order valence-corrected chi connectivity index (χ4v) is 4.93. The van der Waals surface area contributed by atoms with Gasteiger partial charge in [-0.2, -0.15) is 0 Å². The summed E-state index contributed by atoms with van der Waals surface area (Å²) in [7, 11) is 3.05. The first kappa shape index (κ1) is 20.3. The summed E-state index contributed by atoms with van der Waals surface area (Å²) in [5.74, 6) is -0.515. The van der Waals surface area contributed by atoms with Crippen LogP contribution in [0.25, 0.3) is 0 Å². The van der Waals surface area contributed by atoms with E-state index in [1.807, 2.05) is 24.3 Å². The van der Waals surface area contributed by atoms with Crippen molar-refractivity contribution in [3.05, 3.63) is 87.6 Å². The van der Waals surface area contributed by atoms with E-state index < -0.39 is 5.97 Å². The number of benzene rings is 2. The van der Waals surface area contributed by atoms with Gasteiger partial charge in [0.25, 0.3) is 0 Å². The Kier molecular flexibility index (Phi) is 5.97. The Morgan fingerprint density at radius 2 is 1.83 bits per heavy atom. The van der Waals surface area contributed by atoms with E-state index in [0.29, 0.717) is 11.3 Å². The number of hydrogen-bond donors (Lipinski definition) is 0. The molecule has 0 fully saturated rings. The summed E-state index contributed by atoms with van der Waals surface area (Å²) in [5.41, 5.74) is 3.40. The van der Waals surface area contributed by atoms with Crippen molar-refractivity contribution in [3.8, 4) is 0 Å². The molecule has 1 aliphatic heterocycles. The number of fused-ring (bicyclic) bond motifs is 1. The van der Waals surface area contributed by atoms with E-state index >= 15 is 0 Å². The van der Waals surface area contributed by atoms with Gasteiger partial charge in [0, 0.05) is 18.5 Å². The van der Waals surface area contributed by atoms with Gasteiger partial charge in [-0.3, -0.25) is 9.69 Å². The van der Waals surface area contributed by atoms with Crippen molar-refractivity contribution < 1.29 is 14.3 Å². The number of ether oxygens (including phenoxy) is 1. The van der Waals surface area contributed by atoms with Crippen molar-refractivity contribution in [3.63, 3.8) is 0 Å². The molecule has 5 nitrogen and oxygen atoms in total. The van der Waals surface area contributed by atoms with Crippen molar-refractivity contribution in [1.29, 1.82) is 0 Å². The van der Waals surface area contributed by atoms with E-state index in [4.69, 9.17) is 4.74 Å². The second-order valence-corrected chi connectivity index (χ2v) is 8.29. The Labute approximate surface area is 180 Å². The normalized spacial score (nSPS) is 16.0. The minimum atomic E-state index is -0.451. The standard InChI is InChI=1S/C24H24N2O3S/c1-25(20-11-7-6-10-18(20)24(28)29-2)22(27)16-26-14-12-21-19(13-15-30-21)23(26)17-8-4-3-5-9-17/h3-11,13,15,23H,12,14,16H2,1-2H3. The fraction of sp³-hybridized carbons (Fsp3) is 0.250. The van der Waals surface area contributed by atoms with Gasteiger partial charge < -0.3 is 9.64 Å². The Morgan fingerprint density at radius 1 is 1.10 bits per heavy atom. The highest BCUT2D eigenvalue weighted by Gasteiger charge is 2.32. The highest BCUT2D eigenvalue weighted by molar-refractivity contribution is 7.10. The summed E-state index contributed by atoms with van der Waals surface area (Å²) in [6.07, 6.45) is 0.937. The zero-order valence-corrected chi connectivity index (χ0v) is 17.9. The maximum atomic E-state index is 13.2. The highest BCUT2D eigenvalue weighted by atomic mass is 32.1. The SMILES string of the molecule is COC(=O)c1ccccc1N(C)C(=O)CN1CCc2sccc2C1c1ccccc1. The molecule has 2 heterocycles. The van der Waals surface area contributed by atoms with Gasteiger partial charge in [0.2, 0.25) is 5.91 Å². The number of hydrogen-bond acceptors (Lipinski definition) is 5. The molecule has 0 aliphatic carbocycles. The lowest BCUT2D eigenvalue weighted by molar-refractivity contribution is -0.119. The Hall–Kier alpha value is -2.96. The molecule has 0 spiro atoms. The number of likely N-dealkylation sites (N-methyl/N-ethyl adjacent to an activating group) is 1. The van der Waals surface area contributed by atoms with Crippen molar-refractivity contribution in [2.24, 2.45) is 0 Å². The first-order valence-electron chi connectivity index (χ1n) is 9.89. The first-order valence-corrected chi connectivity index (χ1v) is 10.8.